The molecule has 1 atom stereocenters. The van der Waals surface area contributed by atoms with Crippen LogP contribution in [0.2, 0.25) is 5.02 Å². The number of alkyl halides is 1. The third-order valence-electron chi connectivity index (χ3n) is 2.02. The molecule has 0 aromatic carbocycles. The van der Waals surface area contributed by atoms with Crippen molar-refractivity contribution in [3.05, 3.63) is 29.0 Å². The molecule has 0 fully saturated rings. The zero-order chi connectivity index (χ0) is 10.6. The maximum Gasteiger partial charge on any atom is 0.0621 e. The van der Waals surface area contributed by atoms with E-state index < -0.39 is 0 Å². The van der Waals surface area contributed by atoms with E-state index in [0.717, 1.165) is 11.4 Å². The standard InChI is InChI=1S/C11H15BrClN/c1-8(2)5-10(12)6-9-3-4-14-7-11(9)13/h3-4,7-8,10H,5-6H2,1-2H3. The Morgan fingerprint density at radius 3 is 2.79 bits per heavy atom. The maximum atomic E-state index is 6.02. The van der Waals surface area contributed by atoms with Gasteiger partial charge in [-0.2, -0.15) is 0 Å². The minimum absolute atomic E-state index is 0.502. The van der Waals surface area contributed by atoms with Crippen molar-refractivity contribution >= 4 is 27.5 Å². The fourth-order valence-corrected chi connectivity index (χ4v) is 2.70. The van der Waals surface area contributed by atoms with Crippen molar-refractivity contribution in [3.63, 3.8) is 0 Å². The molecule has 78 valence electrons. The first-order valence-corrected chi connectivity index (χ1v) is 6.11. The number of aromatic nitrogens is 1. The van der Waals surface area contributed by atoms with Crippen LogP contribution in [-0.2, 0) is 6.42 Å². The highest BCUT2D eigenvalue weighted by atomic mass is 79.9. The average molecular weight is 277 g/mol. The van der Waals surface area contributed by atoms with Crippen molar-refractivity contribution in [2.45, 2.75) is 31.5 Å². The Labute approximate surface area is 99.0 Å². The molecule has 14 heavy (non-hydrogen) atoms. The molecule has 0 saturated heterocycles. The molecule has 0 aliphatic rings. The quantitative estimate of drug-likeness (QED) is 0.755. The lowest BCUT2D eigenvalue weighted by atomic mass is 10.0. The van der Waals surface area contributed by atoms with E-state index in [1.807, 2.05) is 6.07 Å². The number of nitrogens with zero attached hydrogens (tertiary/aromatic N) is 1. The molecule has 3 heteroatoms. The van der Waals surface area contributed by atoms with Gasteiger partial charge in [-0.25, -0.2) is 0 Å². The fraction of sp³-hybridized carbons (Fsp3) is 0.545. The summed E-state index contributed by atoms with van der Waals surface area (Å²) < 4.78 is 0. The molecule has 0 radical (unpaired) electrons. The average Bonchev–Trinajstić information content (AvgIpc) is 2.07. The Balaban J connectivity index is 2.56. The molecule has 1 unspecified atom stereocenters. The van der Waals surface area contributed by atoms with Crippen molar-refractivity contribution in [2.24, 2.45) is 5.92 Å². The predicted octanol–water partition coefficient (Wildman–Crippen LogP) is 4.09. The minimum atomic E-state index is 0.502. The lowest BCUT2D eigenvalue weighted by molar-refractivity contribution is 0.571. The first-order valence-electron chi connectivity index (χ1n) is 4.82. The molecule has 1 aromatic heterocycles. The summed E-state index contributed by atoms with van der Waals surface area (Å²) in [4.78, 5) is 4.47. The predicted molar refractivity (Wildman–Crippen MR) is 65.1 cm³/mol. The molecule has 0 bridgehead atoms. The van der Waals surface area contributed by atoms with Crippen LogP contribution in [0.1, 0.15) is 25.8 Å². The van der Waals surface area contributed by atoms with Crippen molar-refractivity contribution in [3.8, 4) is 0 Å². The summed E-state index contributed by atoms with van der Waals surface area (Å²) in [7, 11) is 0. The number of halogens is 2. The van der Waals surface area contributed by atoms with Crippen molar-refractivity contribution in [2.75, 3.05) is 0 Å². The fourth-order valence-electron chi connectivity index (χ4n) is 1.40. The van der Waals surface area contributed by atoms with Crippen LogP contribution in [0, 0.1) is 5.92 Å². The monoisotopic (exact) mass is 275 g/mol. The van der Waals surface area contributed by atoms with Crippen molar-refractivity contribution in [1.82, 2.24) is 4.98 Å². The molecule has 0 aliphatic heterocycles. The van der Waals surface area contributed by atoms with Crippen LogP contribution in [0.25, 0.3) is 0 Å². The van der Waals surface area contributed by atoms with E-state index in [1.165, 1.54) is 12.0 Å². The summed E-state index contributed by atoms with van der Waals surface area (Å²) >= 11 is 9.69. The van der Waals surface area contributed by atoms with E-state index in [1.54, 1.807) is 12.4 Å². The summed E-state index contributed by atoms with van der Waals surface area (Å²) in [5.41, 5.74) is 1.17. The first kappa shape index (κ1) is 12.0. The highest BCUT2D eigenvalue weighted by molar-refractivity contribution is 9.09. The molecule has 1 aromatic rings. The Bertz CT molecular complexity index is 288. The van der Waals surface area contributed by atoms with Gasteiger partial charge in [-0.15, -0.1) is 0 Å². The topological polar surface area (TPSA) is 12.9 Å². The van der Waals surface area contributed by atoms with E-state index in [2.05, 4.69) is 34.8 Å². The zero-order valence-corrected chi connectivity index (χ0v) is 10.8. The van der Waals surface area contributed by atoms with Gasteiger partial charge in [0.05, 0.1) is 5.02 Å². The molecule has 1 nitrogen and oxygen atoms in total. The molecule has 0 saturated carbocycles. The molecule has 1 rings (SSSR count). The van der Waals surface area contributed by atoms with Gasteiger partial charge in [0.25, 0.3) is 0 Å². The zero-order valence-electron chi connectivity index (χ0n) is 8.50. The van der Waals surface area contributed by atoms with Gasteiger partial charge in [0.15, 0.2) is 0 Å². The molecule has 0 amide bonds. The van der Waals surface area contributed by atoms with Crippen LogP contribution in [0.15, 0.2) is 18.5 Å². The highest BCUT2D eigenvalue weighted by Crippen LogP contribution is 2.21. The Morgan fingerprint density at radius 1 is 1.50 bits per heavy atom. The minimum Gasteiger partial charge on any atom is -0.263 e. The maximum absolute atomic E-state index is 6.02. The Hall–Kier alpha value is -0.0800. The molecule has 0 aliphatic carbocycles. The smallest absolute Gasteiger partial charge is 0.0621 e. The summed E-state index contributed by atoms with van der Waals surface area (Å²) in [6, 6.07) is 1.98. The van der Waals surface area contributed by atoms with Crippen LogP contribution in [0.4, 0.5) is 0 Å². The summed E-state index contributed by atoms with van der Waals surface area (Å²) in [5, 5.41) is 0.765. The van der Waals surface area contributed by atoms with Crippen LogP contribution in [-0.4, -0.2) is 9.81 Å². The SMILES string of the molecule is CC(C)CC(Br)Cc1ccncc1Cl. The molecule has 0 spiro atoms. The van der Waals surface area contributed by atoms with Gasteiger partial charge in [-0.1, -0.05) is 41.4 Å². The van der Waals surface area contributed by atoms with Crippen molar-refractivity contribution in [1.29, 1.82) is 0 Å². The van der Waals surface area contributed by atoms with E-state index in [-0.39, 0.29) is 0 Å². The van der Waals surface area contributed by atoms with Gasteiger partial charge >= 0.3 is 0 Å². The van der Waals surface area contributed by atoms with Gasteiger partial charge in [-0.05, 0) is 30.4 Å². The second-order valence-corrected chi connectivity index (χ2v) is 5.60. The lowest BCUT2D eigenvalue weighted by Gasteiger charge is -2.12. The number of pyridine rings is 1. The normalized spacial score (nSPS) is 13.2. The van der Waals surface area contributed by atoms with Crippen LogP contribution in [0.5, 0.6) is 0 Å². The van der Waals surface area contributed by atoms with Crippen molar-refractivity contribution < 1.29 is 0 Å². The first-order chi connectivity index (χ1) is 6.59. The molecular formula is C11H15BrClN. The molecule has 1 heterocycles. The molecule has 0 N–H and O–H groups in total. The third-order valence-corrected chi connectivity index (χ3v) is 3.06. The van der Waals surface area contributed by atoms with E-state index in [9.17, 15) is 0 Å². The lowest BCUT2D eigenvalue weighted by Crippen LogP contribution is -2.06. The van der Waals surface area contributed by atoms with Gasteiger partial charge in [-0.3, -0.25) is 4.98 Å². The van der Waals surface area contributed by atoms with Gasteiger partial charge in [0.2, 0.25) is 0 Å². The summed E-state index contributed by atoms with van der Waals surface area (Å²) in [5.74, 6) is 0.708. The van der Waals surface area contributed by atoms with E-state index in [0.29, 0.717) is 10.7 Å². The van der Waals surface area contributed by atoms with Crippen LogP contribution in [0.3, 0.4) is 0 Å². The second-order valence-electron chi connectivity index (χ2n) is 3.90. The second kappa shape index (κ2) is 5.72. The number of rotatable bonds is 4. The Kier molecular flexibility index (Phi) is 4.90. The van der Waals surface area contributed by atoms with E-state index >= 15 is 0 Å². The van der Waals surface area contributed by atoms with Gasteiger partial charge in [0, 0.05) is 17.2 Å². The number of hydrogen-bond donors (Lipinski definition) is 0. The summed E-state index contributed by atoms with van der Waals surface area (Å²) in [6.45, 7) is 4.45. The number of hydrogen-bond acceptors (Lipinski definition) is 1. The third kappa shape index (κ3) is 3.97. The summed E-state index contributed by atoms with van der Waals surface area (Å²) in [6.07, 6.45) is 5.63. The van der Waals surface area contributed by atoms with Crippen LogP contribution >= 0.6 is 27.5 Å². The van der Waals surface area contributed by atoms with Crippen LogP contribution < -0.4 is 0 Å². The van der Waals surface area contributed by atoms with Gasteiger partial charge < -0.3 is 0 Å². The van der Waals surface area contributed by atoms with Gasteiger partial charge in [0.1, 0.15) is 0 Å². The highest BCUT2D eigenvalue weighted by Gasteiger charge is 2.09. The molecular weight excluding hydrogens is 261 g/mol. The largest absolute Gasteiger partial charge is 0.263 e. The van der Waals surface area contributed by atoms with E-state index in [4.69, 9.17) is 11.6 Å². The Morgan fingerprint density at radius 2 is 2.21 bits per heavy atom.